The van der Waals surface area contributed by atoms with E-state index >= 15 is 0 Å². The van der Waals surface area contributed by atoms with Crippen molar-refractivity contribution in [2.24, 2.45) is 0 Å². The Morgan fingerprint density at radius 2 is 1.54 bits per heavy atom. The summed E-state index contributed by atoms with van der Waals surface area (Å²) < 4.78 is 82.2. The van der Waals surface area contributed by atoms with Crippen molar-refractivity contribution in [3.63, 3.8) is 0 Å². The number of hydrogen-bond acceptors (Lipinski definition) is 4. The third-order valence-electron chi connectivity index (χ3n) is 0.614. The fourth-order valence-corrected chi connectivity index (χ4v) is 0.763. The molecule has 0 aromatic carbocycles. The van der Waals surface area contributed by atoms with Gasteiger partial charge in [-0.15, -0.1) is 0 Å². The quantitative estimate of drug-likeness (QED) is 0.585. The van der Waals surface area contributed by atoms with Crippen LogP contribution in [-0.4, -0.2) is 19.4 Å². The second kappa shape index (κ2) is 3.63. The predicted octanol–water partition coefficient (Wildman–Crippen LogP) is 1.73. The van der Waals surface area contributed by atoms with E-state index in [9.17, 15) is 30.5 Å². The molecule has 0 saturated heterocycles. The zero-order chi connectivity index (χ0) is 10.9. The van der Waals surface area contributed by atoms with Gasteiger partial charge in [-0.2, -0.15) is 30.2 Å². The third-order valence-corrected chi connectivity index (χ3v) is 1.64. The van der Waals surface area contributed by atoms with Gasteiger partial charge in [0.1, 0.15) is 0 Å². The van der Waals surface area contributed by atoms with Crippen LogP contribution in [0.25, 0.3) is 0 Å². The third kappa shape index (κ3) is 3.70. The monoisotopic (exact) mass is 294 g/mol. The molecule has 0 N–H and O–H groups in total. The highest BCUT2D eigenvalue weighted by Gasteiger charge is 2.59. The maximum atomic E-state index is 12.0. The van der Waals surface area contributed by atoms with E-state index in [1.165, 1.54) is 0 Å². The molecule has 0 rings (SSSR count). The van der Waals surface area contributed by atoms with Crippen molar-refractivity contribution in [2.45, 2.75) is 10.9 Å². The number of hydrogen-bond donors (Lipinski definition) is 0. The molecule has 0 bridgehead atoms. The zero-order valence-corrected chi connectivity index (χ0v) is 7.71. The van der Waals surface area contributed by atoms with E-state index in [0.717, 1.165) is 15.9 Å². The van der Waals surface area contributed by atoms with Crippen LogP contribution in [0.5, 0.6) is 0 Å². The first-order chi connectivity index (χ1) is 5.52. The average Bonchev–Trinajstić information content (AvgIpc) is 1.83. The Labute approximate surface area is 77.0 Å². The van der Waals surface area contributed by atoms with E-state index in [0.29, 0.717) is 0 Å². The van der Waals surface area contributed by atoms with Crippen molar-refractivity contribution in [3.8, 4) is 0 Å². The maximum absolute atomic E-state index is 12.0. The normalized spacial score (nSPS) is 14.6. The topological polar surface area (TPSA) is 52.6 Å². The summed E-state index contributed by atoms with van der Waals surface area (Å²) in [5.41, 5.74) is 0. The Morgan fingerprint density at radius 1 is 1.15 bits per heavy atom. The Kier molecular flexibility index (Phi) is 3.63. The lowest BCUT2D eigenvalue weighted by atomic mass is 10.7. The summed E-state index contributed by atoms with van der Waals surface area (Å²) in [6.07, 6.45) is -5.45. The van der Waals surface area contributed by atoms with Gasteiger partial charge in [-0.3, -0.25) is 0 Å². The van der Waals surface area contributed by atoms with Crippen LogP contribution in [-0.2, 0) is 19.0 Å². The minimum absolute atomic E-state index is 1.13. The van der Waals surface area contributed by atoms with Crippen molar-refractivity contribution in [1.29, 1.82) is 0 Å². The molecular weight excluding hydrogens is 295 g/mol. The second-order valence-corrected chi connectivity index (χ2v) is 3.67. The molecule has 0 aliphatic heterocycles. The lowest BCUT2D eigenvalue weighted by molar-refractivity contribution is -0.271. The smallest absolute Gasteiger partial charge is 0.183 e. The Balaban J connectivity index is 4.72. The summed E-state index contributed by atoms with van der Waals surface area (Å²) in [6.45, 7) is 0. The van der Waals surface area contributed by atoms with Crippen molar-refractivity contribution in [3.05, 3.63) is 0 Å². The highest BCUT2D eigenvalue weighted by Crippen LogP contribution is 2.41. The summed E-state index contributed by atoms with van der Waals surface area (Å²) in [7, 11) is -5.79. The summed E-state index contributed by atoms with van der Waals surface area (Å²) >= 11 is 1.13. The van der Waals surface area contributed by atoms with Crippen molar-refractivity contribution in [1.82, 2.24) is 0 Å². The van der Waals surface area contributed by atoms with E-state index in [4.69, 9.17) is 0 Å². The largest absolute Gasteiger partial charge is 0.445 e. The van der Waals surface area contributed by atoms with E-state index in [2.05, 4.69) is 4.18 Å². The van der Waals surface area contributed by atoms with Gasteiger partial charge < -0.3 is 0 Å². The van der Waals surface area contributed by atoms with Crippen LogP contribution in [0.1, 0.15) is 0 Å². The van der Waals surface area contributed by atoms with Crippen LogP contribution < -0.4 is 0 Å². The van der Waals surface area contributed by atoms with Gasteiger partial charge >= 0.3 is 21.3 Å². The van der Waals surface area contributed by atoms with Gasteiger partial charge in [-0.25, -0.2) is 0 Å². The van der Waals surface area contributed by atoms with Crippen LogP contribution in [0.2, 0.25) is 0 Å². The standard InChI is InChI=1S/C2BrF5O4S/c3-1(4,5)2(6,7)11-13(9,10)12-8. The van der Waals surface area contributed by atoms with E-state index < -0.39 is 21.3 Å². The number of alkyl halides is 5. The molecule has 13 heavy (non-hydrogen) atoms. The number of rotatable bonds is 4. The van der Waals surface area contributed by atoms with E-state index in [-0.39, 0.29) is 0 Å². The molecule has 0 amide bonds. The molecule has 0 aromatic rings. The Bertz CT molecular complexity index is 269. The Morgan fingerprint density at radius 3 is 1.77 bits per heavy atom. The highest BCUT2D eigenvalue weighted by molar-refractivity contribution is 9.10. The molecule has 11 heteroatoms. The van der Waals surface area contributed by atoms with Gasteiger partial charge in [-0.1, -0.05) is 0 Å². The van der Waals surface area contributed by atoms with Gasteiger partial charge in [0.2, 0.25) is 0 Å². The molecular formula is C2BrF5O4S. The molecule has 80 valence electrons. The first-order valence-electron chi connectivity index (χ1n) is 2.22. The molecule has 0 fully saturated rings. The second-order valence-electron chi connectivity index (χ2n) is 1.57. The number of halogens is 6. The fraction of sp³-hybridized carbons (Fsp3) is 1.00. The van der Waals surface area contributed by atoms with Crippen LogP contribution in [0.15, 0.2) is 0 Å². The summed E-state index contributed by atoms with van der Waals surface area (Å²) in [5.74, 6) is 0. The molecule has 0 spiro atoms. The molecule has 0 aliphatic carbocycles. The summed E-state index contributed by atoms with van der Waals surface area (Å²) in [5, 5.41) is 0. The highest BCUT2D eigenvalue weighted by atomic mass is 79.9. The minimum atomic E-state index is -5.79. The SMILES string of the molecule is O=S(=O)(OF)OC(F)(F)C(F)(F)Br. The van der Waals surface area contributed by atoms with Crippen molar-refractivity contribution in [2.75, 3.05) is 0 Å². The Hall–Kier alpha value is -0.000000000000000111. The van der Waals surface area contributed by atoms with Crippen molar-refractivity contribution >= 4 is 26.3 Å². The molecule has 0 saturated carbocycles. The van der Waals surface area contributed by atoms with Crippen LogP contribution in [0.3, 0.4) is 0 Å². The fourth-order valence-electron chi connectivity index (χ4n) is 0.188. The predicted molar refractivity (Wildman–Crippen MR) is 31.0 cm³/mol. The van der Waals surface area contributed by atoms with Gasteiger partial charge in [0, 0.05) is 15.9 Å². The first kappa shape index (κ1) is 13.0. The van der Waals surface area contributed by atoms with Gasteiger partial charge in [-0.05, 0) is 8.91 Å². The minimum Gasteiger partial charge on any atom is -0.183 e. The van der Waals surface area contributed by atoms with Gasteiger partial charge in [0.05, 0.1) is 0 Å². The van der Waals surface area contributed by atoms with E-state index in [1.807, 2.05) is 4.39 Å². The maximum Gasteiger partial charge on any atom is 0.445 e. The average molecular weight is 295 g/mol. The molecule has 0 radical (unpaired) electrons. The lowest BCUT2D eigenvalue weighted by Gasteiger charge is -2.18. The molecule has 0 atom stereocenters. The van der Waals surface area contributed by atoms with Crippen LogP contribution >= 0.6 is 15.9 Å². The molecule has 4 nitrogen and oxygen atoms in total. The van der Waals surface area contributed by atoms with E-state index in [1.54, 1.807) is 0 Å². The van der Waals surface area contributed by atoms with Gasteiger partial charge in [0.15, 0.2) is 0 Å². The van der Waals surface area contributed by atoms with Gasteiger partial charge in [0.25, 0.3) is 0 Å². The van der Waals surface area contributed by atoms with Crippen LogP contribution in [0, 0.1) is 0 Å². The molecule has 0 aromatic heterocycles. The first-order valence-corrected chi connectivity index (χ1v) is 4.35. The lowest BCUT2D eigenvalue weighted by Crippen LogP contribution is -2.39. The van der Waals surface area contributed by atoms with Crippen LogP contribution in [0.4, 0.5) is 22.1 Å². The molecule has 0 unspecified atom stereocenters. The zero-order valence-electron chi connectivity index (χ0n) is 5.31. The molecule has 0 aliphatic rings. The molecule has 0 heterocycles. The summed E-state index contributed by atoms with van der Waals surface area (Å²) in [6, 6.07) is 0. The summed E-state index contributed by atoms with van der Waals surface area (Å²) in [4.78, 5) is -4.97. The van der Waals surface area contributed by atoms with Crippen molar-refractivity contribution < 1.29 is 39.1 Å².